The van der Waals surface area contributed by atoms with Crippen LogP contribution in [0.5, 0.6) is 0 Å². The molecule has 0 fully saturated rings. The second kappa shape index (κ2) is 6.43. The van der Waals surface area contributed by atoms with Crippen LogP contribution in [0.3, 0.4) is 0 Å². The largest absolute Gasteiger partial charge is 0.480 e. The Hall–Kier alpha value is -2.31. The van der Waals surface area contributed by atoms with Crippen molar-refractivity contribution in [1.82, 2.24) is 9.80 Å². The van der Waals surface area contributed by atoms with Crippen molar-refractivity contribution >= 4 is 18.0 Å². The summed E-state index contributed by atoms with van der Waals surface area (Å²) in [5.74, 6) is -1.64. The predicted molar refractivity (Wildman–Crippen MR) is 75.4 cm³/mol. The molecule has 116 valence electrons. The first kappa shape index (κ1) is 16.7. The van der Waals surface area contributed by atoms with Crippen molar-refractivity contribution in [2.75, 3.05) is 20.1 Å². The number of carbonyl (C=O) groups excluding carboxylic acids is 2. The average Bonchev–Trinajstić information content (AvgIpc) is 2.49. The Morgan fingerprint density at radius 1 is 1.43 bits per heavy atom. The molecule has 7 heteroatoms. The SMILES string of the molecule is CN(C(=O)OC(C)(C)C)C1=CC=CCN(CC(=O)O)C1=O. The molecular weight excluding hydrogens is 276 g/mol. The van der Waals surface area contributed by atoms with Gasteiger partial charge in [0.2, 0.25) is 0 Å². The number of amides is 2. The number of likely N-dealkylation sites (N-methyl/N-ethyl adjacent to an activating group) is 1. The zero-order valence-corrected chi connectivity index (χ0v) is 12.6. The minimum atomic E-state index is -1.11. The van der Waals surface area contributed by atoms with Crippen molar-refractivity contribution < 1.29 is 24.2 Å². The summed E-state index contributed by atoms with van der Waals surface area (Å²) < 4.78 is 5.19. The summed E-state index contributed by atoms with van der Waals surface area (Å²) in [6.07, 6.45) is 4.05. The summed E-state index contributed by atoms with van der Waals surface area (Å²) in [6.45, 7) is 4.91. The van der Waals surface area contributed by atoms with E-state index in [0.29, 0.717) is 0 Å². The van der Waals surface area contributed by atoms with Gasteiger partial charge in [-0.05, 0) is 26.8 Å². The number of allylic oxidation sites excluding steroid dienone is 2. The van der Waals surface area contributed by atoms with Crippen LogP contribution in [0.1, 0.15) is 20.8 Å². The zero-order chi connectivity index (χ0) is 16.2. The van der Waals surface area contributed by atoms with Gasteiger partial charge >= 0.3 is 12.1 Å². The number of aliphatic carboxylic acids is 1. The van der Waals surface area contributed by atoms with E-state index in [1.54, 1.807) is 32.9 Å². The van der Waals surface area contributed by atoms with E-state index in [9.17, 15) is 14.4 Å². The fourth-order valence-electron chi connectivity index (χ4n) is 1.65. The molecule has 0 aromatic carbocycles. The van der Waals surface area contributed by atoms with Crippen LogP contribution in [-0.2, 0) is 14.3 Å². The highest BCUT2D eigenvalue weighted by Gasteiger charge is 2.29. The molecule has 1 rings (SSSR count). The van der Waals surface area contributed by atoms with Crippen LogP contribution in [0.2, 0.25) is 0 Å². The van der Waals surface area contributed by atoms with E-state index in [-0.39, 0.29) is 12.2 Å². The van der Waals surface area contributed by atoms with E-state index in [0.717, 1.165) is 9.80 Å². The first-order valence-corrected chi connectivity index (χ1v) is 6.46. The van der Waals surface area contributed by atoms with Gasteiger partial charge in [-0.1, -0.05) is 12.2 Å². The molecule has 0 saturated heterocycles. The lowest BCUT2D eigenvalue weighted by Gasteiger charge is -2.27. The first-order valence-electron chi connectivity index (χ1n) is 6.46. The quantitative estimate of drug-likeness (QED) is 0.846. The Balaban J connectivity index is 2.91. The molecule has 0 aromatic rings. The molecule has 0 aliphatic carbocycles. The summed E-state index contributed by atoms with van der Waals surface area (Å²) in [5, 5.41) is 8.82. The Kier molecular flexibility index (Phi) is 5.12. The number of nitrogens with zero attached hydrogens (tertiary/aromatic N) is 2. The lowest BCUT2D eigenvalue weighted by molar-refractivity contribution is -0.143. The number of carboxylic acid groups (broad SMARTS) is 1. The molecule has 0 saturated carbocycles. The van der Waals surface area contributed by atoms with Crippen molar-refractivity contribution in [1.29, 1.82) is 0 Å². The van der Waals surface area contributed by atoms with Gasteiger partial charge in [0.05, 0.1) is 0 Å². The van der Waals surface area contributed by atoms with E-state index in [4.69, 9.17) is 9.84 Å². The smallest absolute Gasteiger partial charge is 0.414 e. The van der Waals surface area contributed by atoms with E-state index >= 15 is 0 Å². The Bertz CT molecular complexity index is 502. The number of rotatable bonds is 3. The van der Waals surface area contributed by atoms with Gasteiger partial charge in [0, 0.05) is 13.6 Å². The Labute approximate surface area is 123 Å². The number of hydrogen-bond acceptors (Lipinski definition) is 4. The van der Waals surface area contributed by atoms with Gasteiger partial charge in [-0.25, -0.2) is 4.79 Å². The highest BCUT2D eigenvalue weighted by Crippen LogP contribution is 2.15. The molecule has 1 aliphatic rings. The Morgan fingerprint density at radius 2 is 2.05 bits per heavy atom. The van der Waals surface area contributed by atoms with Gasteiger partial charge in [0.15, 0.2) is 0 Å². The minimum Gasteiger partial charge on any atom is -0.480 e. The summed E-state index contributed by atoms with van der Waals surface area (Å²) in [7, 11) is 1.41. The monoisotopic (exact) mass is 296 g/mol. The fourth-order valence-corrected chi connectivity index (χ4v) is 1.65. The molecule has 0 bridgehead atoms. The van der Waals surface area contributed by atoms with Crippen molar-refractivity contribution in [3.8, 4) is 0 Å². The topological polar surface area (TPSA) is 87.2 Å². The van der Waals surface area contributed by atoms with Crippen LogP contribution >= 0.6 is 0 Å². The van der Waals surface area contributed by atoms with Crippen molar-refractivity contribution in [3.05, 3.63) is 23.9 Å². The van der Waals surface area contributed by atoms with Crippen LogP contribution in [0.25, 0.3) is 0 Å². The molecule has 21 heavy (non-hydrogen) atoms. The normalized spacial score (nSPS) is 15.3. The molecule has 0 atom stereocenters. The van der Waals surface area contributed by atoms with E-state index in [2.05, 4.69) is 0 Å². The van der Waals surface area contributed by atoms with E-state index < -0.39 is 30.1 Å². The summed E-state index contributed by atoms with van der Waals surface area (Å²) in [6, 6.07) is 0. The summed E-state index contributed by atoms with van der Waals surface area (Å²) in [4.78, 5) is 37.3. The van der Waals surface area contributed by atoms with E-state index in [1.165, 1.54) is 13.1 Å². The fraction of sp³-hybridized carbons (Fsp3) is 0.500. The zero-order valence-electron chi connectivity index (χ0n) is 12.6. The molecule has 1 N–H and O–H groups in total. The lowest BCUT2D eigenvalue weighted by atomic mass is 10.2. The van der Waals surface area contributed by atoms with Gasteiger partial charge < -0.3 is 14.7 Å². The third kappa shape index (κ3) is 4.94. The van der Waals surface area contributed by atoms with E-state index in [1.807, 2.05) is 0 Å². The standard InChI is InChI=1S/C14H20N2O5/c1-14(2,3)21-13(20)15(4)10-7-5-6-8-16(12(10)19)9-11(17)18/h5-7H,8-9H2,1-4H3,(H,17,18). The number of ether oxygens (including phenoxy) is 1. The molecule has 7 nitrogen and oxygen atoms in total. The van der Waals surface area contributed by atoms with Crippen molar-refractivity contribution in [2.45, 2.75) is 26.4 Å². The maximum absolute atomic E-state index is 12.3. The predicted octanol–water partition coefficient (Wildman–Crippen LogP) is 1.22. The molecule has 2 amide bonds. The average molecular weight is 296 g/mol. The van der Waals surface area contributed by atoms with Crippen LogP contribution in [0.15, 0.2) is 23.9 Å². The highest BCUT2D eigenvalue weighted by molar-refractivity contribution is 5.98. The van der Waals surface area contributed by atoms with Crippen LogP contribution in [0.4, 0.5) is 4.79 Å². The van der Waals surface area contributed by atoms with Gasteiger partial charge in [-0.2, -0.15) is 0 Å². The molecular formula is C14H20N2O5. The number of carboxylic acids is 1. The molecule has 0 aromatic heterocycles. The minimum absolute atomic E-state index is 0.0688. The van der Waals surface area contributed by atoms with Crippen LogP contribution < -0.4 is 0 Å². The summed E-state index contributed by atoms with van der Waals surface area (Å²) in [5.41, 5.74) is -0.616. The second-order valence-electron chi connectivity index (χ2n) is 5.60. The van der Waals surface area contributed by atoms with Crippen LogP contribution in [-0.4, -0.2) is 58.6 Å². The van der Waals surface area contributed by atoms with Crippen molar-refractivity contribution in [3.63, 3.8) is 0 Å². The molecule has 0 spiro atoms. The molecule has 1 heterocycles. The molecule has 0 radical (unpaired) electrons. The van der Waals surface area contributed by atoms with Crippen LogP contribution in [0, 0.1) is 0 Å². The first-order chi connectivity index (χ1) is 9.61. The van der Waals surface area contributed by atoms with Gasteiger partial charge in [0.1, 0.15) is 17.8 Å². The van der Waals surface area contributed by atoms with Gasteiger partial charge in [0.25, 0.3) is 5.91 Å². The molecule has 1 aliphatic heterocycles. The van der Waals surface area contributed by atoms with Gasteiger partial charge in [-0.3, -0.25) is 14.5 Å². The number of hydrogen-bond donors (Lipinski definition) is 1. The Morgan fingerprint density at radius 3 is 2.57 bits per heavy atom. The third-order valence-electron chi connectivity index (χ3n) is 2.58. The highest BCUT2D eigenvalue weighted by atomic mass is 16.6. The maximum Gasteiger partial charge on any atom is 0.414 e. The third-order valence-corrected chi connectivity index (χ3v) is 2.58. The number of carbonyl (C=O) groups is 3. The summed E-state index contributed by atoms with van der Waals surface area (Å²) >= 11 is 0. The van der Waals surface area contributed by atoms with Gasteiger partial charge in [-0.15, -0.1) is 0 Å². The second-order valence-corrected chi connectivity index (χ2v) is 5.60. The maximum atomic E-state index is 12.3. The lowest BCUT2D eigenvalue weighted by Crippen LogP contribution is -2.42. The van der Waals surface area contributed by atoms with Crippen molar-refractivity contribution in [2.24, 2.45) is 0 Å². The molecule has 0 unspecified atom stereocenters.